The molecule has 0 radical (unpaired) electrons. The Morgan fingerprint density at radius 1 is 1.18 bits per heavy atom. The number of sulfone groups is 1. The molecule has 0 saturated heterocycles. The van der Waals surface area contributed by atoms with Crippen LogP contribution in [0.2, 0.25) is 5.02 Å². The number of nitrogens with zero attached hydrogens (tertiary/aromatic N) is 2. The van der Waals surface area contributed by atoms with E-state index in [0.717, 1.165) is 6.26 Å². The van der Waals surface area contributed by atoms with Gasteiger partial charge in [0.2, 0.25) is 0 Å². The first-order chi connectivity index (χ1) is 13.1. The number of carboxylic acids is 1. The summed E-state index contributed by atoms with van der Waals surface area (Å²) < 4.78 is 24.7. The number of carboxylic acid groups (broad SMARTS) is 1. The average molecular weight is 420 g/mol. The van der Waals surface area contributed by atoms with Crippen LogP contribution in [-0.4, -0.2) is 41.2 Å². The molecule has 0 aliphatic rings. The van der Waals surface area contributed by atoms with Crippen molar-refractivity contribution in [1.29, 1.82) is 0 Å². The van der Waals surface area contributed by atoms with Gasteiger partial charge in [-0.25, -0.2) is 18.2 Å². The van der Waals surface area contributed by atoms with Crippen LogP contribution in [-0.2, 0) is 9.84 Å². The van der Waals surface area contributed by atoms with Gasteiger partial charge in [0.15, 0.2) is 9.84 Å². The third-order valence-electron chi connectivity index (χ3n) is 3.75. The van der Waals surface area contributed by atoms with Crippen LogP contribution in [0.1, 0.15) is 20.8 Å². The van der Waals surface area contributed by atoms with Crippen molar-refractivity contribution in [3.63, 3.8) is 0 Å². The van der Waals surface area contributed by atoms with E-state index in [1.165, 1.54) is 41.2 Å². The van der Waals surface area contributed by atoms with E-state index in [4.69, 9.17) is 11.6 Å². The van der Waals surface area contributed by atoms with Crippen molar-refractivity contribution in [2.45, 2.75) is 4.90 Å². The summed E-state index contributed by atoms with van der Waals surface area (Å²) in [5, 5.41) is 12.1. The Morgan fingerprint density at radius 3 is 2.54 bits per heavy atom. The Balaban J connectivity index is 1.96. The first-order valence-electron chi connectivity index (χ1n) is 7.84. The normalized spacial score (nSPS) is 11.2. The Hall–Kier alpha value is -3.17. The lowest BCUT2D eigenvalue weighted by molar-refractivity contribution is 0.0688. The highest BCUT2D eigenvalue weighted by atomic mass is 35.5. The summed E-state index contributed by atoms with van der Waals surface area (Å²) in [6, 6.07) is 10.1. The standard InChI is InChI=1S/C18H14ClN3O5S/c1-28(26,27)14-8-12(19)7-13(9-14)21-17(23)11-6-15(18(24)25)22(10-11)16-4-2-3-5-20-16/h2-10H,1H3,(H,21,23)(H,24,25). The summed E-state index contributed by atoms with van der Waals surface area (Å²) in [5.41, 5.74) is 0.0797. The van der Waals surface area contributed by atoms with E-state index in [9.17, 15) is 23.1 Å². The highest BCUT2D eigenvalue weighted by Gasteiger charge is 2.19. The minimum atomic E-state index is -3.52. The van der Waals surface area contributed by atoms with Crippen LogP contribution in [0.15, 0.2) is 59.8 Å². The number of hydrogen-bond acceptors (Lipinski definition) is 5. The molecule has 0 atom stereocenters. The second-order valence-corrected chi connectivity index (χ2v) is 8.33. The van der Waals surface area contributed by atoms with Crippen molar-refractivity contribution in [3.05, 3.63) is 71.1 Å². The molecule has 28 heavy (non-hydrogen) atoms. The number of anilines is 1. The molecule has 0 saturated carbocycles. The molecular weight excluding hydrogens is 406 g/mol. The molecule has 0 bridgehead atoms. The lowest BCUT2D eigenvalue weighted by Crippen LogP contribution is -2.12. The monoisotopic (exact) mass is 419 g/mol. The van der Waals surface area contributed by atoms with Gasteiger partial charge in [0.05, 0.1) is 10.5 Å². The lowest BCUT2D eigenvalue weighted by Gasteiger charge is -2.07. The first kappa shape index (κ1) is 19.6. The lowest BCUT2D eigenvalue weighted by atomic mass is 10.2. The van der Waals surface area contributed by atoms with Gasteiger partial charge in [-0.3, -0.25) is 9.36 Å². The van der Waals surface area contributed by atoms with Crippen LogP contribution < -0.4 is 5.32 Å². The quantitative estimate of drug-likeness (QED) is 0.656. The number of nitrogens with one attached hydrogen (secondary N) is 1. The second-order valence-electron chi connectivity index (χ2n) is 5.88. The highest BCUT2D eigenvalue weighted by Crippen LogP contribution is 2.23. The number of rotatable bonds is 5. The third-order valence-corrected chi connectivity index (χ3v) is 5.06. The van der Waals surface area contributed by atoms with Crippen molar-refractivity contribution >= 4 is 39.0 Å². The predicted molar refractivity (Wildman–Crippen MR) is 103 cm³/mol. The average Bonchev–Trinajstić information content (AvgIpc) is 3.07. The number of hydrogen-bond donors (Lipinski definition) is 2. The van der Waals surface area contributed by atoms with Gasteiger partial charge in [0.25, 0.3) is 5.91 Å². The molecule has 0 aliphatic carbocycles. The third kappa shape index (κ3) is 4.21. The van der Waals surface area contributed by atoms with E-state index in [0.29, 0.717) is 5.82 Å². The Morgan fingerprint density at radius 2 is 1.93 bits per heavy atom. The van der Waals surface area contributed by atoms with Crippen LogP contribution in [0.3, 0.4) is 0 Å². The number of benzene rings is 1. The van der Waals surface area contributed by atoms with Gasteiger partial charge < -0.3 is 10.4 Å². The van der Waals surface area contributed by atoms with E-state index in [2.05, 4.69) is 10.3 Å². The minimum absolute atomic E-state index is 0.0485. The highest BCUT2D eigenvalue weighted by molar-refractivity contribution is 7.90. The van der Waals surface area contributed by atoms with Gasteiger partial charge >= 0.3 is 5.97 Å². The smallest absolute Gasteiger partial charge is 0.352 e. The maximum Gasteiger partial charge on any atom is 0.352 e. The molecule has 2 heterocycles. The molecule has 1 amide bonds. The van der Waals surface area contributed by atoms with Crippen LogP contribution in [0.4, 0.5) is 5.69 Å². The largest absolute Gasteiger partial charge is 0.477 e. The van der Waals surface area contributed by atoms with E-state index >= 15 is 0 Å². The van der Waals surface area contributed by atoms with E-state index in [-0.39, 0.29) is 26.9 Å². The fourth-order valence-corrected chi connectivity index (χ4v) is 3.47. The van der Waals surface area contributed by atoms with Gasteiger partial charge in [0.1, 0.15) is 11.5 Å². The van der Waals surface area contributed by atoms with E-state index < -0.39 is 21.7 Å². The van der Waals surface area contributed by atoms with Crippen LogP contribution >= 0.6 is 11.6 Å². The topological polar surface area (TPSA) is 118 Å². The Kier molecular flexibility index (Phi) is 5.21. The number of carbonyl (C=O) groups is 2. The summed E-state index contributed by atoms with van der Waals surface area (Å²) in [6.07, 6.45) is 3.86. The van der Waals surface area contributed by atoms with Crippen LogP contribution in [0.5, 0.6) is 0 Å². The zero-order chi connectivity index (χ0) is 20.5. The first-order valence-corrected chi connectivity index (χ1v) is 10.1. The van der Waals surface area contributed by atoms with Gasteiger partial charge in [-0.15, -0.1) is 0 Å². The number of halogens is 1. The molecule has 10 heteroatoms. The van der Waals surface area contributed by atoms with E-state index in [1.807, 2.05) is 0 Å². The van der Waals surface area contributed by atoms with Crippen molar-refractivity contribution in [2.24, 2.45) is 0 Å². The summed E-state index contributed by atoms with van der Waals surface area (Å²) >= 11 is 5.93. The molecule has 0 aliphatic heterocycles. The molecule has 0 fully saturated rings. The summed E-state index contributed by atoms with van der Waals surface area (Å²) in [7, 11) is -3.52. The van der Waals surface area contributed by atoms with Gasteiger partial charge in [-0.2, -0.15) is 0 Å². The molecule has 144 valence electrons. The minimum Gasteiger partial charge on any atom is -0.477 e. The number of carbonyl (C=O) groups excluding carboxylic acids is 1. The molecule has 2 aromatic heterocycles. The number of aromatic carboxylic acids is 1. The van der Waals surface area contributed by atoms with Crippen molar-refractivity contribution in [3.8, 4) is 5.82 Å². The predicted octanol–water partition coefficient (Wildman–Crippen LogP) is 2.88. The molecule has 3 aromatic rings. The zero-order valence-corrected chi connectivity index (χ0v) is 16.0. The van der Waals surface area contributed by atoms with Crippen molar-refractivity contribution in [2.75, 3.05) is 11.6 Å². The van der Waals surface area contributed by atoms with Gasteiger partial charge in [-0.05, 0) is 36.4 Å². The summed E-state index contributed by atoms with van der Waals surface area (Å²) in [4.78, 5) is 28.1. The molecule has 8 nitrogen and oxygen atoms in total. The summed E-state index contributed by atoms with van der Waals surface area (Å²) in [6.45, 7) is 0. The zero-order valence-electron chi connectivity index (χ0n) is 14.5. The SMILES string of the molecule is CS(=O)(=O)c1cc(Cl)cc(NC(=O)c2cc(C(=O)O)n(-c3ccccn3)c2)c1. The molecule has 0 unspecified atom stereocenters. The Labute approximate surface area is 165 Å². The Bertz CT molecular complexity index is 1170. The molecule has 2 N–H and O–H groups in total. The van der Waals surface area contributed by atoms with Crippen molar-refractivity contribution in [1.82, 2.24) is 9.55 Å². The van der Waals surface area contributed by atoms with Gasteiger partial charge in [0, 0.05) is 29.4 Å². The van der Waals surface area contributed by atoms with Crippen molar-refractivity contribution < 1.29 is 23.1 Å². The number of pyridine rings is 1. The van der Waals surface area contributed by atoms with Crippen LogP contribution in [0, 0.1) is 0 Å². The molecule has 3 rings (SSSR count). The maximum atomic E-state index is 12.6. The number of amides is 1. The molecule has 1 aromatic carbocycles. The summed E-state index contributed by atoms with van der Waals surface area (Å²) in [5.74, 6) is -1.52. The number of aromatic nitrogens is 2. The fourth-order valence-electron chi connectivity index (χ4n) is 2.49. The van der Waals surface area contributed by atoms with Gasteiger partial charge in [-0.1, -0.05) is 17.7 Å². The fraction of sp³-hybridized carbons (Fsp3) is 0.0556. The second kappa shape index (κ2) is 7.45. The maximum absolute atomic E-state index is 12.6. The molecular formula is C18H14ClN3O5S. The molecule has 0 spiro atoms. The van der Waals surface area contributed by atoms with Crippen LogP contribution in [0.25, 0.3) is 5.82 Å². The van der Waals surface area contributed by atoms with E-state index in [1.54, 1.807) is 18.2 Å².